The van der Waals surface area contributed by atoms with Gasteiger partial charge < -0.3 is 14.8 Å². The van der Waals surface area contributed by atoms with Crippen molar-refractivity contribution in [2.24, 2.45) is 0 Å². The van der Waals surface area contributed by atoms with Crippen LogP contribution < -0.4 is 5.32 Å². The molecule has 0 bridgehead atoms. The average Bonchev–Trinajstić information content (AvgIpc) is 3.30. The molecule has 0 unspecified atom stereocenters. The second-order valence-electron chi connectivity index (χ2n) is 7.30. The van der Waals surface area contributed by atoms with Crippen molar-refractivity contribution in [3.05, 3.63) is 35.8 Å². The van der Waals surface area contributed by atoms with E-state index in [4.69, 9.17) is 0 Å². The Morgan fingerprint density at radius 2 is 2.12 bits per heavy atom. The van der Waals surface area contributed by atoms with Gasteiger partial charge in [0.25, 0.3) is 0 Å². The maximum absolute atomic E-state index is 12.6. The molecule has 1 aliphatic heterocycles. The minimum absolute atomic E-state index is 0.0418. The van der Waals surface area contributed by atoms with Gasteiger partial charge in [-0.1, -0.05) is 6.07 Å². The summed E-state index contributed by atoms with van der Waals surface area (Å²) in [7, 11) is 0. The molecule has 0 radical (unpaired) electrons. The van der Waals surface area contributed by atoms with E-state index in [0.29, 0.717) is 0 Å². The number of nitrogens with zero attached hydrogens (tertiary/aromatic N) is 3. The SMILES string of the molecule is Cc1nc2ccccn2c1CC(=O)N[C@@H]1CC[C@@H](N2CCCC2)[C@@H]1O. The summed E-state index contributed by atoms with van der Waals surface area (Å²) in [5.41, 5.74) is 2.65. The lowest BCUT2D eigenvalue weighted by molar-refractivity contribution is -0.122. The molecule has 4 rings (SSSR count). The first kappa shape index (κ1) is 16.5. The first-order valence-electron chi connectivity index (χ1n) is 9.27. The van der Waals surface area contributed by atoms with Crippen molar-refractivity contribution in [3.8, 4) is 0 Å². The maximum Gasteiger partial charge on any atom is 0.226 e. The quantitative estimate of drug-likeness (QED) is 0.878. The third kappa shape index (κ3) is 3.16. The number of hydrogen-bond acceptors (Lipinski definition) is 4. The summed E-state index contributed by atoms with van der Waals surface area (Å²) in [5, 5.41) is 13.7. The van der Waals surface area contributed by atoms with E-state index in [-0.39, 0.29) is 24.4 Å². The van der Waals surface area contributed by atoms with Crippen molar-refractivity contribution >= 4 is 11.6 Å². The lowest BCUT2D eigenvalue weighted by Gasteiger charge is -2.28. The summed E-state index contributed by atoms with van der Waals surface area (Å²) in [6.45, 7) is 4.08. The van der Waals surface area contributed by atoms with E-state index in [1.54, 1.807) is 0 Å². The largest absolute Gasteiger partial charge is 0.389 e. The second kappa shape index (κ2) is 6.77. The third-order valence-corrected chi connectivity index (χ3v) is 5.69. The molecule has 3 atom stereocenters. The van der Waals surface area contributed by atoms with Crippen LogP contribution in [0.1, 0.15) is 37.1 Å². The van der Waals surface area contributed by atoms with E-state index in [0.717, 1.165) is 43.0 Å². The van der Waals surface area contributed by atoms with Gasteiger partial charge in [-0.2, -0.15) is 0 Å². The van der Waals surface area contributed by atoms with Gasteiger partial charge in [-0.15, -0.1) is 0 Å². The Labute approximate surface area is 147 Å². The summed E-state index contributed by atoms with van der Waals surface area (Å²) in [4.78, 5) is 19.4. The fraction of sp³-hybridized carbons (Fsp3) is 0.579. The molecule has 1 saturated heterocycles. The van der Waals surface area contributed by atoms with Crippen molar-refractivity contribution in [1.29, 1.82) is 0 Å². The second-order valence-corrected chi connectivity index (χ2v) is 7.30. The molecular weight excluding hydrogens is 316 g/mol. The Kier molecular flexibility index (Phi) is 4.48. The van der Waals surface area contributed by atoms with Gasteiger partial charge in [0.15, 0.2) is 0 Å². The molecule has 2 aromatic heterocycles. The number of aryl methyl sites for hydroxylation is 1. The van der Waals surface area contributed by atoms with E-state index < -0.39 is 6.10 Å². The summed E-state index contributed by atoms with van der Waals surface area (Å²) < 4.78 is 1.97. The highest BCUT2D eigenvalue weighted by molar-refractivity contribution is 5.79. The van der Waals surface area contributed by atoms with Crippen molar-refractivity contribution in [2.75, 3.05) is 13.1 Å². The van der Waals surface area contributed by atoms with E-state index >= 15 is 0 Å². The molecule has 0 spiro atoms. The number of aromatic nitrogens is 2. The van der Waals surface area contributed by atoms with Crippen LogP contribution in [0.3, 0.4) is 0 Å². The Morgan fingerprint density at radius 3 is 2.92 bits per heavy atom. The van der Waals surface area contributed by atoms with Crippen molar-refractivity contribution in [3.63, 3.8) is 0 Å². The van der Waals surface area contributed by atoms with Crippen LogP contribution in [-0.2, 0) is 11.2 Å². The minimum Gasteiger partial charge on any atom is -0.389 e. The van der Waals surface area contributed by atoms with Crippen LogP contribution in [0.2, 0.25) is 0 Å². The lowest BCUT2D eigenvalue weighted by atomic mass is 10.1. The van der Waals surface area contributed by atoms with Crippen molar-refractivity contribution in [2.45, 2.75) is 57.2 Å². The van der Waals surface area contributed by atoms with E-state index in [1.165, 1.54) is 12.8 Å². The zero-order valence-electron chi connectivity index (χ0n) is 14.7. The topological polar surface area (TPSA) is 69.9 Å². The maximum atomic E-state index is 12.6. The summed E-state index contributed by atoms with van der Waals surface area (Å²) in [6, 6.07) is 5.88. The normalized spacial score (nSPS) is 27.2. The monoisotopic (exact) mass is 342 g/mol. The molecule has 2 aromatic rings. The summed E-state index contributed by atoms with van der Waals surface area (Å²) in [6.07, 6.45) is 5.99. The van der Waals surface area contributed by atoms with Gasteiger partial charge in [-0.3, -0.25) is 9.69 Å². The van der Waals surface area contributed by atoms with Crippen LogP contribution in [0.5, 0.6) is 0 Å². The van der Waals surface area contributed by atoms with Crippen LogP contribution in [0.25, 0.3) is 5.65 Å². The molecule has 2 fully saturated rings. The molecule has 25 heavy (non-hydrogen) atoms. The average molecular weight is 342 g/mol. The fourth-order valence-electron chi connectivity index (χ4n) is 4.38. The molecule has 2 N–H and O–H groups in total. The number of hydrogen-bond donors (Lipinski definition) is 2. The van der Waals surface area contributed by atoms with Crippen LogP contribution in [0.15, 0.2) is 24.4 Å². The number of rotatable bonds is 4. The predicted octanol–water partition coefficient (Wildman–Crippen LogP) is 1.29. The molecular formula is C19H26N4O2. The van der Waals surface area contributed by atoms with E-state index in [9.17, 15) is 9.90 Å². The Morgan fingerprint density at radius 1 is 1.32 bits per heavy atom. The van der Waals surface area contributed by atoms with Gasteiger partial charge in [0.1, 0.15) is 5.65 Å². The highest BCUT2D eigenvalue weighted by atomic mass is 16.3. The van der Waals surface area contributed by atoms with Gasteiger partial charge >= 0.3 is 0 Å². The molecule has 3 heterocycles. The molecule has 6 heteroatoms. The number of aliphatic hydroxyl groups is 1. The Hall–Kier alpha value is -1.92. The summed E-state index contributed by atoms with van der Waals surface area (Å²) >= 11 is 0. The number of carbonyl (C=O) groups is 1. The number of likely N-dealkylation sites (tertiary alicyclic amines) is 1. The third-order valence-electron chi connectivity index (χ3n) is 5.69. The van der Waals surface area contributed by atoms with Crippen LogP contribution in [-0.4, -0.2) is 56.6 Å². The number of amides is 1. The molecule has 1 aliphatic carbocycles. The number of nitrogens with one attached hydrogen (secondary N) is 1. The molecule has 1 saturated carbocycles. The standard InChI is InChI=1S/C19H26N4O2/c1-13-16(23-11-3-2-6-17(23)20-13)12-18(24)21-14-7-8-15(19(14)25)22-9-4-5-10-22/h2-3,6,11,14-15,19,25H,4-5,7-10,12H2,1H3,(H,21,24)/t14-,15-,19-/m1/s1. The van der Waals surface area contributed by atoms with Crippen molar-refractivity contribution in [1.82, 2.24) is 19.6 Å². The van der Waals surface area contributed by atoms with Gasteiger partial charge in [0, 0.05) is 12.2 Å². The smallest absolute Gasteiger partial charge is 0.226 e. The highest BCUT2D eigenvalue weighted by Gasteiger charge is 2.39. The van der Waals surface area contributed by atoms with Crippen molar-refractivity contribution < 1.29 is 9.90 Å². The number of imidazole rings is 1. The predicted molar refractivity (Wildman–Crippen MR) is 95.4 cm³/mol. The number of pyridine rings is 1. The van der Waals surface area contributed by atoms with Crippen LogP contribution in [0.4, 0.5) is 0 Å². The van der Waals surface area contributed by atoms with Gasteiger partial charge in [-0.05, 0) is 57.8 Å². The lowest BCUT2D eigenvalue weighted by Crippen LogP contribution is -2.48. The first-order chi connectivity index (χ1) is 12.1. The molecule has 2 aliphatic rings. The molecule has 0 aromatic carbocycles. The Balaban J connectivity index is 1.41. The van der Waals surface area contributed by atoms with E-state index in [2.05, 4.69) is 15.2 Å². The van der Waals surface area contributed by atoms with Crippen LogP contribution >= 0.6 is 0 Å². The van der Waals surface area contributed by atoms with Gasteiger partial charge in [-0.25, -0.2) is 4.98 Å². The molecule has 134 valence electrons. The highest BCUT2D eigenvalue weighted by Crippen LogP contribution is 2.27. The number of carbonyl (C=O) groups excluding carboxylic acids is 1. The zero-order valence-corrected chi connectivity index (χ0v) is 14.7. The number of fused-ring (bicyclic) bond motifs is 1. The molecule has 1 amide bonds. The molecule has 6 nitrogen and oxygen atoms in total. The van der Waals surface area contributed by atoms with Gasteiger partial charge in [0.2, 0.25) is 5.91 Å². The Bertz CT molecular complexity index is 766. The zero-order chi connectivity index (χ0) is 17.4. The summed E-state index contributed by atoms with van der Waals surface area (Å²) in [5.74, 6) is -0.0418. The van der Waals surface area contributed by atoms with Crippen LogP contribution in [0, 0.1) is 6.92 Å². The van der Waals surface area contributed by atoms with Gasteiger partial charge in [0.05, 0.1) is 30.0 Å². The van der Waals surface area contributed by atoms with E-state index in [1.807, 2.05) is 35.7 Å². The fourth-order valence-corrected chi connectivity index (χ4v) is 4.38. The minimum atomic E-state index is -0.467. The first-order valence-corrected chi connectivity index (χ1v) is 9.27. The number of aliphatic hydroxyl groups excluding tert-OH is 1.